The van der Waals surface area contributed by atoms with Crippen LogP contribution in [0, 0.1) is 0 Å². The van der Waals surface area contributed by atoms with Crippen LogP contribution in [0.3, 0.4) is 0 Å². The maximum Gasteiger partial charge on any atom is 0.279 e. The lowest BCUT2D eigenvalue weighted by molar-refractivity contribution is -0.113. The van der Waals surface area contributed by atoms with Crippen LogP contribution in [0.15, 0.2) is 47.5 Å². The number of ether oxygens (including phenoxy) is 4. The van der Waals surface area contributed by atoms with Gasteiger partial charge in [-0.3, -0.25) is 4.79 Å². The summed E-state index contributed by atoms with van der Waals surface area (Å²) < 4.78 is 65.0. The van der Waals surface area contributed by atoms with E-state index in [0.29, 0.717) is 45.3 Å². The summed E-state index contributed by atoms with van der Waals surface area (Å²) in [7, 11) is 2.18. The van der Waals surface area contributed by atoms with E-state index in [-0.39, 0.29) is 38.1 Å². The zero-order valence-corrected chi connectivity index (χ0v) is 23.2. The number of nitrogens with zero attached hydrogens (tertiary/aromatic N) is 1. The molecule has 0 radical (unpaired) electrons. The van der Waals surface area contributed by atoms with Gasteiger partial charge in [0, 0.05) is 30.3 Å². The van der Waals surface area contributed by atoms with E-state index in [1.807, 2.05) is 0 Å². The van der Waals surface area contributed by atoms with Crippen LogP contribution in [-0.4, -0.2) is 72.2 Å². The third-order valence-corrected chi connectivity index (χ3v) is 8.40. The van der Waals surface area contributed by atoms with Crippen molar-refractivity contribution >= 4 is 28.1 Å². The summed E-state index contributed by atoms with van der Waals surface area (Å²) >= 11 is 0. The average Bonchev–Trinajstić information content (AvgIpc) is 3.38. The van der Waals surface area contributed by atoms with Crippen molar-refractivity contribution in [3.05, 3.63) is 58.7 Å². The molecule has 0 amide bonds. The highest BCUT2D eigenvalue weighted by Gasteiger charge is 2.36. The minimum atomic E-state index is -3.94. The van der Waals surface area contributed by atoms with Crippen LogP contribution >= 0.6 is 0 Å². The molecule has 1 heterocycles. The molecule has 0 aromatic heterocycles. The molecule has 1 atom stereocenters. The smallest absolute Gasteiger partial charge is 0.279 e. The summed E-state index contributed by atoms with van der Waals surface area (Å²) in [6, 6.07) is 9.94. The third kappa shape index (κ3) is 6.60. The summed E-state index contributed by atoms with van der Waals surface area (Å²) in [4.78, 5) is 13.6. The minimum absolute atomic E-state index is 0.116. The number of benzene rings is 2. The van der Waals surface area contributed by atoms with Gasteiger partial charge in [0.2, 0.25) is 0 Å². The molecule has 11 heteroatoms. The summed E-state index contributed by atoms with van der Waals surface area (Å²) in [6.45, 7) is -0.0610. The highest BCUT2D eigenvalue weighted by molar-refractivity contribution is 7.87. The first-order valence-corrected chi connectivity index (χ1v) is 13.9. The lowest BCUT2D eigenvalue weighted by atomic mass is 9.84. The molecule has 0 spiro atoms. The van der Waals surface area contributed by atoms with Gasteiger partial charge in [0.05, 0.1) is 28.4 Å². The van der Waals surface area contributed by atoms with Crippen LogP contribution in [0.4, 0.5) is 4.39 Å². The highest BCUT2D eigenvalue weighted by atomic mass is 32.2. The molecule has 9 nitrogen and oxygen atoms in total. The fourth-order valence-corrected chi connectivity index (χ4v) is 6.25. The van der Waals surface area contributed by atoms with Gasteiger partial charge in [-0.25, -0.2) is 4.39 Å². The molecule has 1 N–H and O–H groups in total. The van der Waals surface area contributed by atoms with Crippen molar-refractivity contribution in [2.75, 3.05) is 41.5 Å². The Morgan fingerprint density at radius 2 is 1.33 bits per heavy atom. The fourth-order valence-electron chi connectivity index (χ4n) is 4.81. The van der Waals surface area contributed by atoms with Gasteiger partial charge in [0.25, 0.3) is 10.2 Å². The predicted octanol–water partition coefficient (Wildman–Crippen LogP) is 3.80. The highest BCUT2D eigenvalue weighted by Crippen LogP contribution is 2.34. The van der Waals surface area contributed by atoms with E-state index in [0.717, 1.165) is 4.31 Å². The average molecular weight is 561 g/mol. The van der Waals surface area contributed by atoms with E-state index in [2.05, 4.69) is 4.72 Å². The molecule has 1 aliphatic carbocycles. The molecule has 1 saturated carbocycles. The Kier molecular flexibility index (Phi) is 8.94. The number of carbonyl (C=O) groups excluding carboxylic acids is 1. The molecule has 39 heavy (non-hydrogen) atoms. The number of halogens is 1. The molecule has 2 aliphatic rings. The molecular formula is C28H33FN2O7S. The Bertz CT molecular complexity index is 1310. The summed E-state index contributed by atoms with van der Waals surface area (Å²) in [5.74, 6) is 1.91. The number of methoxy groups -OCH3 is 4. The Labute approximate surface area is 228 Å². The molecule has 4 rings (SSSR count). The van der Waals surface area contributed by atoms with Gasteiger partial charge in [-0.2, -0.15) is 17.4 Å². The predicted molar refractivity (Wildman–Crippen MR) is 146 cm³/mol. The molecule has 2 aromatic carbocycles. The van der Waals surface area contributed by atoms with Crippen molar-refractivity contribution in [2.45, 2.75) is 31.5 Å². The standard InChI is InChI=1S/C28H33FN2O7S/c1-35-24-7-5-18(13-26(24)37-3)11-20-15-23(30-39(33,34)31-10-9-22(29)17-31)16-21(28(20)32)12-19-6-8-25(36-2)27(14-19)38-4/h5-8,11-14,22-23,30H,9-10,15-17H2,1-4H3/b20-11+,21-12+/t22-/m1/s1. The topological polar surface area (TPSA) is 103 Å². The number of hydrogen-bond acceptors (Lipinski definition) is 7. The second-order valence-corrected chi connectivity index (χ2v) is 11.1. The largest absolute Gasteiger partial charge is 0.493 e. The maximum absolute atomic E-state index is 13.7. The van der Waals surface area contributed by atoms with Crippen molar-refractivity contribution in [3.8, 4) is 23.0 Å². The van der Waals surface area contributed by atoms with Crippen LogP contribution in [0.1, 0.15) is 30.4 Å². The van der Waals surface area contributed by atoms with E-state index in [1.54, 1.807) is 48.6 Å². The van der Waals surface area contributed by atoms with Crippen molar-refractivity contribution in [2.24, 2.45) is 0 Å². The van der Waals surface area contributed by atoms with E-state index >= 15 is 0 Å². The van der Waals surface area contributed by atoms with Gasteiger partial charge in [-0.1, -0.05) is 12.1 Å². The van der Waals surface area contributed by atoms with Crippen molar-refractivity contribution in [1.82, 2.24) is 9.03 Å². The van der Waals surface area contributed by atoms with Gasteiger partial charge in [-0.05, 0) is 66.8 Å². The molecule has 210 valence electrons. The molecule has 1 aliphatic heterocycles. The second kappa shape index (κ2) is 12.2. The van der Waals surface area contributed by atoms with Gasteiger partial charge < -0.3 is 18.9 Å². The Balaban J connectivity index is 1.70. The third-order valence-electron chi connectivity index (χ3n) is 6.76. The number of nitrogens with one attached hydrogen (secondary N) is 1. The number of Topliss-reactive ketones (excluding diaryl/α,β-unsaturated/α-hetero) is 1. The van der Waals surface area contributed by atoms with Crippen molar-refractivity contribution < 1.29 is 36.6 Å². The summed E-state index contributed by atoms with van der Waals surface area (Å²) in [5, 5.41) is 0. The summed E-state index contributed by atoms with van der Waals surface area (Å²) in [5.41, 5.74) is 2.25. The van der Waals surface area contributed by atoms with E-state index < -0.39 is 22.4 Å². The lowest BCUT2D eigenvalue weighted by Gasteiger charge is -2.28. The quantitative estimate of drug-likeness (QED) is 0.466. The van der Waals surface area contributed by atoms with E-state index in [9.17, 15) is 17.6 Å². The minimum Gasteiger partial charge on any atom is -0.493 e. The second-order valence-electron chi connectivity index (χ2n) is 9.37. The first-order chi connectivity index (χ1) is 18.7. The Hall–Kier alpha value is -3.41. The SMILES string of the molecule is COc1ccc(/C=C2\CC(NS(=O)(=O)N3CC[C@@H](F)C3)C/C(=C\c3ccc(OC)c(OC)c3)C2=O)cc1OC. The molecule has 1 saturated heterocycles. The first-order valence-electron chi connectivity index (χ1n) is 12.5. The fraction of sp³-hybridized carbons (Fsp3) is 0.393. The van der Waals surface area contributed by atoms with Crippen LogP contribution < -0.4 is 23.7 Å². The zero-order valence-electron chi connectivity index (χ0n) is 22.4. The van der Waals surface area contributed by atoms with Crippen molar-refractivity contribution in [1.29, 1.82) is 0 Å². The van der Waals surface area contributed by atoms with E-state index in [1.165, 1.54) is 28.4 Å². The van der Waals surface area contributed by atoms with Crippen LogP contribution in [-0.2, 0) is 15.0 Å². The van der Waals surface area contributed by atoms with Crippen LogP contribution in [0.25, 0.3) is 12.2 Å². The number of alkyl halides is 1. The molecule has 0 unspecified atom stereocenters. The van der Waals surface area contributed by atoms with Gasteiger partial charge in [0.1, 0.15) is 6.17 Å². The summed E-state index contributed by atoms with van der Waals surface area (Å²) in [6.07, 6.45) is 2.77. The van der Waals surface area contributed by atoms with Crippen molar-refractivity contribution in [3.63, 3.8) is 0 Å². The van der Waals surface area contributed by atoms with Gasteiger partial charge in [0.15, 0.2) is 28.8 Å². The monoisotopic (exact) mass is 560 g/mol. The maximum atomic E-state index is 13.7. The number of hydrogen-bond donors (Lipinski definition) is 1. The molecule has 0 bridgehead atoms. The van der Waals surface area contributed by atoms with E-state index in [4.69, 9.17) is 18.9 Å². The molecular weight excluding hydrogens is 527 g/mol. The van der Waals surface area contributed by atoms with Gasteiger partial charge >= 0.3 is 0 Å². The normalized spacial score (nSPS) is 22.3. The number of rotatable bonds is 9. The first kappa shape index (κ1) is 28.6. The molecule has 2 aromatic rings. The number of carbonyl (C=O) groups is 1. The van der Waals surface area contributed by atoms with Crippen LogP contribution in [0.5, 0.6) is 23.0 Å². The van der Waals surface area contributed by atoms with Crippen LogP contribution in [0.2, 0.25) is 0 Å². The number of ketones is 1. The Morgan fingerprint density at radius 1 is 0.846 bits per heavy atom. The molecule has 2 fully saturated rings. The zero-order chi connectivity index (χ0) is 28.2. The Morgan fingerprint density at radius 3 is 1.74 bits per heavy atom. The lowest BCUT2D eigenvalue weighted by Crippen LogP contribution is -2.46. The van der Waals surface area contributed by atoms with Gasteiger partial charge in [-0.15, -0.1) is 0 Å².